The first-order chi connectivity index (χ1) is 15.6. The molecule has 1 aromatic carbocycles. The second-order valence-electron chi connectivity index (χ2n) is 9.50. The molecule has 8 heteroatoms. The van der Waals surface area contributed by atoms with Gasteiger partial charge in [0.1, 0.15) is 5.60 Å². The van der Waals surface area contributed by atoms with Gasteiger partial charge in [0.2, 0.25) is 0 Å². The Bertz CT molecular complexity index is 947. The second kappa shape index (κ2) is 10.7. The van der Waals surface area contributed by atoms with Gasteiger partial charge in [-0.3, -0.25) is 9.88 Å². The number of nitrogens with one attached hydrogen (secondary N) is 2. The zero-order valence-corrected chi connectivity index (χ0v) is 20.2. The van der Waals surface area contributed by atoms with Crippen LogP contribution in [0, 0.1) is 6.92 Å². The molecule has 1 atom stereocenters. The number of rotatable bonds is 5. The summed E-state index contributed by atoms with van der Waals surface area (Å²) in [6.45, 7) is 13.2. The van der Waals surface area contributed by atoms with Gasteiger partial charge in [-0.05, 0) is 57.9 Å². The average molecular weight is 454 g/mol. The largest absolute Gasteiger partial charge is 0.444 e. The molecule has 8 nitrogen and oxygen atoms in total. The van der Waals surface area contributed by atoms with E-state index < -0.39 is 5.60 Å². The summed E-state index contributed by atoms with van der Waals surface area (Å²) in [5.74, 6) is 0. The number of pyridine rings is 1. The van der Waals surface area contributed by atoms with Gasteiger partial charge >= 0.3 is 12.1 Å². The Morgan fingerprint density at radius 2 is 1.85 bits per heavy atom. The predicted molar refractivity (Wildman–Crippen MR) is 129 cm³/mol. The van der Waals surface area contributed by atoms with Crippen LogP contribution in [0.25, 0.3) is 0 Å². The van der Waals surface area contributed by atoms with Crippen molar-refractivity contribution < 1.29 is 14.3 Å². The molecule has 1 aliphatic heterocycles. The van der Waals surface area contributed by atoms with E-state index in [0.29, 0.717) is 18.8 Å². The predicted octanol–water partition coefficient (Wildman–Crippen LogP) is 4.33. The van der Waals surface area contributed by atoms with Crippen LogP contribution in [0.2, 0.25) is 0 Å². The lowest BCUT2D eigenvalue weighted by Gasteiger charge is -2.35. The molecule has 0 radical (unpaired) electrons. The van der Waals surface area contributed by atoms with Crippen molar-refractivity contribution >= 4 is 17.8 Å². The number of carbonyl (C=O) groups excluding carboxylic acids is 2. The minimum absolute atomic E-state index is 0.146. The number of carbonyl (C=O) groups is 2. The third kappa shape index (κ3) is 7.75. The van der Waals surface area contributed by atoms with E-state index in [9.17, 15) is 9.59 Å². The molecule has 33 heavy (non-hydrogen) atoms. The first kappa shape index (κ1) is 24.5. The van der Waals surface area contributed by atoms with E-state index in [1.807, 2.05) is 58.9 Å². The maximum absolute atomic E-state index is 12.4. The van der Waals surface area contributed by atoms with Crippen molar-refractivity contribution in [1.82, 2.24) is 20.1 Å². The molecule has 3 amide bonds. The van der Waals surface area contributed by atoms with Crippen molar-refractivity contribution in [3.63, 3.8) is 0 Å². The summed E-state index contributed by atoms with van der Waals surface area (Å²) in [6, 6.07) is 11.5. The lowest BCUT2D eigenvalue weighted by atomic mass is 10.0. The number of amides is 3. The fourth-order valence-corrected chi connectivity index (χ4v) is 3.62. The Balaban J connectivity index is 1.50. The topological polar surface area (TPSA) is 86.8 Å². The van der Waals surface area contributed by atoms with Crippen molar-refractivity contribution in [2.24, 2.45) is 0 Å². The van der Waals surface area contributed by atoms with Gasteiger partial charge in [-0.25, -0.2) is 9.59 Å². The van der Waals surface area contributed by atoms with Gasteiger partial charge in [-0.2, -0.15) is 0 Å². The summed E-state index contributed by atoms with van der Waals surface area (Å²) >= 11 is 0. The SMILES string of the molecule is Cc1ccc(NC(=O)NC(C)c2cccc(CN3CCN(C(=O)OC(C)(C)C)CC3)c2)cn1. The van der Waals surface area contributed by atoms with E-state index in [4.69, 9.17) is 4.74 Å². The summed E-state index contributed by atoms with van der Waals surface area (Å²) in [5, 5.41) is 5.79. The summed E-state index contributed by atoms with van der Waals surface area (Å²) in [5.41, 5.74) is 3.29. The Hall–Kier alpha value is -3.13. The molecule has 3 rings (SSSR count). The molecule has 178 valence electrons. The Morgan fingerprint density at radius 3 is 2.48 bits per heavy atom. The van der Waals surface area contributed by atoms with Gasteiger partial charge in [-0.15, -0.1) is 0 Å². The smallest absolute Gasteiger partial charge is 0.410 e. The van der Waals surface area contributed by atoms with Gasteiger partial charge in [0, 0.05) is 38.4 Å². The number of benzene rings is 1. The monoisotopic (exact) mass is 453 g/mol. The van der Waals surface area contributed by atoms with E-state index >= 15 is 0 Å². The first-order valence-electron chi connectivity index (χ1n) is 11.4. The van der Waals surface area contributed by atoms with E-state index in [1.165, 1.54) is 5.56 Å². The van der Waals surface area contributed by atoms with Gasteiger partial charge in [-0.1, -0.05) is 24.3 Å². The molecule has 2 N–H and O–H groups in total. The Kier molecular flexibility index (Phi) is 7.92. The van der Waals surface area contributed by atoms with Crippen LogP contribution in [0.4, 0.5) is 15.3 Å². The molecule has 0 bridgehead atoms. The third-order valence-corrected chi connectivity index (χ3v) is 5.40. The highest BCUT2D eigenvalue weighted by Crippen LogP contribution is 2.18. The van der Waals surface area contributed by atoms with Crippen molar-refractivity contribution in [3.05, 3.63) is 59.4 Å². The summed E-state index contributed by atoms with van der Waals surface area (Å²) in [4.78, 5) is 32.9. The molecular formula is C25H35N5O3. The summed E-state index contributed by atoms with van der Waals surface area (Å²) in [7, 11) is 0. The lowest BCUT2D eigenvalue weighted by molar-refractivity contribution is 0.0139. The second-order valence-corrected chi connectivity index (χ2v) is 9.50. The molecular weight excluding hydrogens is 418 g/mol. The molecule has 1 aromatic heterocycles. The van der Waals surface area contributed by atoms with Crippen LogP contribution in [0.5, 0.6) is 0 Å². The molecule has 0 spiro atoms. The molecule has 2 aromatic rings. The van der Waals surface area contributed by atoms with Gasteiger partial charge in [0.25, 0.3) is 0 Å². The number of hydrogen-bond acceptors (Lipinski definition) is 5. The quantitative estimate of drug-likeness (QED) is 0.704. The maximum Gasteiger partial charge on any atom is 0.410 e. The van der Waals surface area contributed by atoms with Crippen LogP contribution in [0.1, 0.15) is 50.6 Å². The van der Waals surface area contributed by atoms with Crippen LogP contribution >= 0.6 is 0 Å². The van der Waals surface area contributed by atoms with Crippen LogP contribution in [-0.2, 0) is 11.3 Å². The van der Waals surface area contributed by atoms with Crippen molar-refractivity contribution in [1.29, 1.82) is 0 Å². The van der Waals surface area contributed by atoms with E-state index in [0.717, 1.165) is 30.9 Å². The van der Waals surface area contributed by atoms with Crippen LogP contribution < -0.4 is 10.6 Å². The number of aryl methyl sites for hydroxylation is 1. The van der Waals surface area contributed by atoms with E-state index in [1.54, 1.807) is 11.1 Å². The highest BCUT2D eigenvalue weighted by atomic mass is 16.6. The maximum atomic E-state index is 12.4. The zero-order valence-electron chi connectivity index (χ0n) is 20.2. The molecule has 1 saturated heterocycles. The molecule has 1 fully saturated rings. The highest BCUT2D eigenvalue weighted by molar-refractivity contribution is 5.89. The molecule has 1 unspecified atom stereocenters. The molecule has 0 saturated carbocycles. The number of urea groups is 1. The number of hydrogen-bond donors (Lipinski definition) is 2. The van der Waals surface area contributed by atoms with Crippen LogP contribution in [0.3, 0.4) is 0 Å². The zero-order chi connectivity index (χ0) is 24.0. The number of ether oxygens (including phenoxy) is 1. The molecule has 0 aliphatic carbocycles. The Morgan fingerprint density at radius 1 is 1.12 bits per heavy atom. The Labute approximate surface area is 196 Å². The normalized spacial score (nSPS) is 15.6. The fraction of sp³-hybridized carbons (Fsp3) is 0.480. The van der Waals surface area contributed by atoms with Crippen molar-refractivity contribution in [3.8, 4) is 0 Å². The number of anilines is 1. The van der Waals surface area contributed by atoms with Gasteiger partial charge < -0.3 is 20.3 Å². The van der Waals surface area contributed by atoms with Crippen molar-refractivity contribution in [2.75, 3.05) is 31.5 Å². The third-order valence-electron chi connectivity index (χ3n) is 5.40. The van der Waals surface area contributed by atoms with Gasteiger partial charge in [0.05, 0.1) is 17.9 Å². The van der Waals surface area contributed by atoms with E-state index in [-0.39, 0.29) is 18.2 Å². The van der Waals surface area contributed by atoms with E-state index in [2.05, 4.69) is 32.7 Å². The molecule has 2 heterocycles. The number of piperazine rings is 1. The fourth-order valence-electron chi connectivity index (χ4n) is 3.62. The summed E-state index contributed by atoms with van der Waals surface area (Å²) in [6.07, 6.45) is 1.40. The van der Waals surface area contributed by atoms with Crippen molar-refractivity contribution in [2.45, 2.75) is 52.8 Å². The van der Waals surface area contributed by atoms with Crippen LogP contribution in [0.15, 0.2) is 42.6 Å². The van der Waals surface area contributed by atoms with Gasteiger partial charge in [0.15, 0.2) is 0 Å². The van der Waals surface area contributed by atoms with Crippen LogP contribution in [-0.4, -0.2) is 58.7 Å². The number of nitrogens with zero attached hydrogens (tertiary/aromatic N) is 3. The standard InChI is InChI=1S/C25H35N5O3/c1-18-9-10-22(16-26-18)28-23(31)27-19(2)21-8-6-7-20(15-21)17-29-11-13-30(14-12-29)24(32)33-25(3,4)5/h6-10,15-16,19H,11-14,17H2,1-5H3,(H2,27,28,31). The minimum atomic E-state index is -0.479. The summed E-state index contributed by atoms with van der Waals surface area (Å²) < 4.78 is 5.47. The number of aromatic nitrogens is 1. The minimum Gasteiger partial charge on any atom is -0.444 e. The lowest BCUT2D eigenvalue weighted by Crippen LogP contribution is -2.49. The average Bonchev–Trinajstić information content (AvgIpc) is 2.75. The first-order valence-corrected chi connectivity index (χ1v) is 11.4. The molecule has 1 aliphatic rings. The highest BCUT2D eigenvalue weighted by Gasteiger charge is 2.25.